The number of amides is 1. The van der Waals surface area contributed by atoms with Gasteiger partial charge in [0.05, 0.1) is 13.2 Å². The third-order valence-corrected chi connectivity index (χ3v) is 5.50. The maximum atomic E-state index is 13.1. The Morgan fingerprint density at radius 3 is 2.32 bits per heavy atom. The molecular weight excluding hydrogens is 514 g/mol. The normalized spacial score (nSPS) is 17.8. The number of hydrogen-bond acceptors (Lipinski definition) is 5. The standard InChI is InChI=1S/C21H33FN6O2.HI/c1-23-21(25-8-9-26-14-16-30-17-15-26)24-7-6-20(29)28-12-10-27(11-13-28)19-4-2-18(22)3-5-19;/h2-5H,6-17H2,1H3,(H2,23,24,25);1H. The quantitative estimate of drug-likeness (QED) is 0.301. The van der Waals surface area contributed by atoms with Crippen LogP contribution in [0.4, 0.5) is 10.1 Å². The van der Waals surface area contributed by atoms with Crippen LogP contribution in [0, 0.1) is 5.82 Å². The fourth-order valence-corrected chi connectivity index (χ4v) is 3.69. The highest BCUT2D eigenvalue weighted by Gasteiger charge is 2.21. The van der Waals surface area contributed by atoms with E-state index in [2.05, 4.69) is 25.4 Å². The van der Waals surface area contributed by atoms with Crippen molar-refractivity contribution in [2.24, 2.45) is 4.99 Å². The van der Waals surface area contributed by atoms with Gasteiger partial charge in [-0.3, -0.25) is 14.7 Å². The zero-order valence-electron chi connectivity index (χ0n) is 18.2. The summed E-state index contributed by atoms with van der Waals surface area (Å²) < 4.78 is 18.4. The highest BCUT2D eigenvalue weighted by atomic mass is 127. The summed E-state index contributed by atoms with van der Waals surface area (Å²) in [4.78, 5) is 23.2. The lowest BCUT2D eigenvalue weighted by atomic mass is 10.2. The Balaban J connectivity index is 0.00000341. The van der Waals surface area contributed by atoms with Gasteiger partial charge in [0.25, 0.3) is 0 Å². The van der Waals surface area contributed by atoms with Crippen molar-refractivity contribution in [1.29, 1.82) is 0 Å². The molecule has 2 aliphatic heterocycles. The lowest BCUT2D eigenvalue weighted by molar-refractivity contribution is -0.131. The Morgan fingerprint density at radius 2 is 1.68 bits per heavy atom. The molecular formula is C21H34FIN6O2. The summed E-state index contributed by atoms with van der Waals surface area (Å²) in [5, 5.41) is 6.52. The van der Waals surface area contributed by atoms with E-state index < -0.39 is 0 Å². The van der Waals surface area contributed by atoms with Crippen molar-refractivity contribution in [1.82, 2.24) is 20.4 Å². The van der Waals surface area contributed by atoms with Crippen molar-refractivity contribution < 1.29 is 13.9 Å². The number of nitrogens with one attached hydrogen (secondary N) is 2. The number of ether oxygens (including phenoxy) is 1. The van der Waals surface area contributed by atoms with E-state index in [-0.39, 0.29) is 35.7 Å². The van der Waals surface area contributed by atoms with Crippen molar-refractivity contribution in [3.05, 3.63) is 30.1 Å². The SMILES string of the molecule is CN=C(NCCC(=O)N1CCN(c2ccc(F)cc2)CC1)NCCN1CCOCC1.I. The fourth-order valence-electron chi connectivity index (χ4n) is 3.69. The molecule has 0 unspecified atom stereocenters. The molecule has 0 aromatic heterocycles. The number of morpholine rings is 1. The van der Waals surface area contributed by atoms with E-state index in [1.165, 1.54) is 12.1 Å². The Morgan fingerprint density at radius 1 is 1.03 bits per heavy atom. The second kappa shape index (κ2) is 13.7. The van der Waals surface area contributed by atoms with E-state index in [0.717, 1.165) is 64.1 Å². The van der Waals surface area contributed by atoms with Crippen LogP contribution in [-0.4, -0.2) is 101 Å². The number of piperazine rings is 1. The zero-order valence-corrected chi connectivity index (χ0v) is 20.5. The molecule has 174 valence electrons. The first kappa shape index (κ1) is 25.6. The van der Waals surface area contributed by atoms with Gasteiger partial charge >= 0.3 is 0 Å². The maximum absolute atomic E-state index is 13.1. The molecule has 8 nitrogen and oxygen atoms in total. The summed E-state index contributed by atoms with van der Waals surface area (Å²) >= 11 is 0. The summed E-state index contributed by atoms with van der Waals surface area (Å²) in [6.07, 6.45) is 0.431. The molecule has 0 spiro atoms. The lowest BCUT2D eigenvalue weighted by Crippen LogP contribution is -2.49. The van der Waals surface area contributed by atoms with Crippen LogP contribution in [0.1, 0.15) is 6.42 Å². The number of carbonyl (C=O) groups excluding carboxylic acids is 1. The van der Waals surface area contributed by atoms with Crippen LogP contribution in [0.2, 0.25) is 0 Å². The molecule has 2 saturated heterocycles. The van der Waals surface area contributed by atoms with Gasteiger partial charge in [0.2, 0.25) is 5.91 Å². The number of carbonyl (C=O) groups is 1. The minimum atomic E-state index is -0.231. The van der Waals surface area contributed by atoms with Crippen LogP contribution in [0.25, 0.3) is 0 Å². The summed E-state index contributed by atoms with van der Waals surface area (Å²) in [5.41, 5.74) is 0.997. The van der Waals surface area contributed by atoms with Crippen molar-refractivity contribution in [3.63, 3.8) is 0 Å². The highest BCUT2D eigenvalue weighted by Crippen LogP contribution is 2.17. The molecule has 31 heavy (non-hydrogen) atoms. The number of halogens is 2. The molecule has 2 aliphatic rings. The molecule has 0 atom stereocenters. The molecule has 2 N–H and O–H groups in total. The number of hydrogen-bond donors (Lipinski definition) is 2. The second-order valence-electron chi connectivity index (χ2n) is 7.47. The number of nitrogens with zero attached hydrogens (tertiary/aromatic N) is 4. The lowest BCUT2D eigenvalue weighted by Gasteiger charge is -2.36. The van der Waals surface area contributed by atoms with Gasteiger partial charge in [-0.05, 0) is 24.3 Å². The van der Waals surface area contributed by atoms with Gasteiger partial charge in [-0.1, -0.05) is 0 Å². The van der Waals surface area contributed by atoms with Crippen LogP contribution < -0.4 is 15.5 Å². The van der Waals surface area contributed by atoms with E-state index in [1.54, 1.807) is 19.2 Å². The number of anilines is 1. The molecule has 0 aliphatic carbocycles. The Kier molecular flexibility index (Phi) is 11.3. The molecule has 2 heterocycles. The van der Waals surface area contributed by atoms with Crippen LogP contribution in [-0.2, 0) is 9.53 Å². The largest absolute Gasteiger partial charge is 0.379 e. The number of rotatable bonds is 7. The predicted octanol–water partition coefficient (Wildman–Crippen LogP) is 0.980. The Bertz CT molecular complexity index is 692. The van der Waals surface area contributed by atoms with Crippen LogP contribution in [0.15, 0.2) is 29.3 Å². The first-order chi connectivity index (χ1) is 14.7. The molecule has 10 heteroatoms. The topological polar surface area (TPSA) is 72.4 Å². The van der Waals surface area contributed by atoms with Crippen molar-refractivity contribution >= 4 is 41.5 Å². The van der Waals surface area contributed by atoms with Gasteiger partial charge in [-0.2, -0.15) is 0 Å². The molecule has 1 amide bonds. The molecule has 0 bridgehead atoms. The van der Waals surface area contributed by atoms with Crippen molar-refractivity contribution in [2.75, 3.05) is 84.1 Å². The predicted molar refractivity (Wildman–Crippen MR) is 132 cm³/mol. The third kappa shape index (κ3) is 8.41. The van der Waals surface area contributed by atoms with Gasteiger partial charge in [-0.25, -0.2) is 4.39 Å². The molecule has 3 rings (SSSR count). The Hall–Kier alpha value is -1.66. The average molecular weight is 548 g/mol. The van der Waals surface area contributed by atoms with Gasteiger partial charge in [0, 0.05) is 78.1 Å². The van der Waals surface area contributed by atoms with Crippen molar-refractivity contribution in [2.45, 2.75) is 6.42 Å². The molecule has 2 fully saturated rings. The van der Waals surface area contributed by atoms with E-state index in [0.29, 0.717) is 26.1 Å². The summed E-state index contributed by atoms with van der Waals surface area (Å²) in [5.74, 6) is 0.632. The van der Waals surface area contributed by atoms with Crippen LogP contribution >= 0.6 is 24.0 Å². The number of guanidine groups is 1. The van der Waals surface area contributed by atoms with Crippen LogP contribution in [0.3, 0.4) is 0 Å². The molecule has 1 aromatic carbocycles. The third-order valence-electron chi connectivity index (χ3n) is 5.50. The summed E-state index contributed by atoms with van der Waals surface area (Å²) in [6.45, 7) is 8.72. The fraction of sp³-hybridized carbons (Fsp3) is 0.619. The molecule has 0 radical (unpaired) electrons. The average Bonchev–Trinajstić information content (AvgIpc) is 2.79. The first-order valence-corrected chi connectivity index (χ1v) is 10.7. The minimum absolute atomic E-state index is 0. The van der Waals surface area contributed by atoms with Crippen molar-refractivity contribution in [3.8, 4) is 0 Å². The van der Waals surface area contributed by atoms with E-state index >= 15 is 0 Å². The van der Waals surface area contributed by atoms with Gasteiger partial charge in [0.1, 0.15) is 5.82 Å². The molecule has 1 aromatic rings. The van der Waals surface area contributed by atoms with E-state index in [9.17, 15) is 9.18 Å². The van der Waals surface area contributed by atoms with Gasteiger partial charge < -0.3 is 25.2 Å². The Labute approximate surface area is 201 Å². The van der Waals surface area contributed by atoms with Gasteiger partial charge in [-0.15, -0.1) is 24.0 Å². The number of aliphatic imine (C=N–C) groups is 1. The second-order valence-corrected chi connectivity index (χ2v) is 7.47. The zero-order chi connectivity index (χ0) is 21.2. The monoisotopic (exact) mass is 548 g/mol. The van der Waals surface area contributed by atoms with Crippen LogP contribution in [0.5, 0.6) is 0 Å². The maximum Gasteiger partial charge on any atom is 0.224 e. The minimum Gasteiger partial charge on any atom is -0.379 e. The van der Waals surface area contributed by atoms with Gasteiger partial charge in [0.15, 0.2) is 5.96 Å². The smallest absolute Gasteiger partial charge is 0.224 e. The summed E-state index contributed by atoms with van der Waals surface area (Å²) in [6, 6.07) is 6.52. The highest BCUT2D eigenvalue weighted by molar-refractivity contribution is 14.0. The first-order valence-electron chi connectivity index (χ1n) is 10.7. The molecule has 0 saturated carbocycles. The van der Waals surface area contributed by atoms with E-state index in [1.807, 2.05) is 4.90 Å². The number of benzene rings is 1. The summed E-state index contributed by atoms with van der Waals surface area (Å²) in [7, 11) is 1.74. The van der Waals surface area contributed by atoms with E-state index in [4.69, 9.17) is 4.74 Å².